The first kappa shape index (κ1) is 16.9. The van der Waals surface area contributed by atoms with Crippen LogP contribution in [0.25, 0.3) is 0 Å². The molecule has 0 spiro atoms. The Kier molecular flexibility index (Phi) is 4.98. The van der Waals surface area contributed by atoms with Gasteiger partial charge in [-0.1, -0.05) is 0 Å². The second-order valence-corrected chi connectivity index (χ2v) is 5.81. The first-order valence-corrected chi connectivity index (χ1v) is 7.32. The summed E-state index contributed by atoms with van der Waals surface area (Å²) >= 11 is 0. The van der Waals surface area contributed by atoms with Crippen LogP contribution >= 0.6 is 0 Å². The zero-order valence-corrected chi connectivity index (χ0v) is 13.5. The number of carbonyl (C=O) groups is 3. The number of halogens is 1. The number of aryl methyl sites for hydroxylation is 1. The molecule has 1 aromatic carbocycles. The van der Waals surface area contributed by atoms with E-state index in [0.717, 1.165) is 6.07 Å². The summed E-state index contributed by atoms with van der Waals surface area (Å²) in [5, 5.41) is 0. The zero-order valence-electron chi connectivity index (χ0n) is 13.5. The molecule has 124 valence electrons. The summed E-state index contributed by atoms with van der Waals surface area (Å²) in [5.41, 5.74) is 0.838. The van der Waals surface area contributed by atoms with E-state index in [2.05, 4.69) is 0 Å². The van der Waals surface area contributed by atoms with Crippen molar-refractivity contribution in [2.45, 2.75) is 6.92 Å². The minimum absolute atomic E-state index is 0.0242. The molecule has 0 bridgehead atoms. The fraction of sp³-hybridized carbons (Fsp3) is 0.438. The summed E-state index contributed by atoms with van der Waals surface area (Å²) in [4.78, 5) is 40.4. The average molecular weight is 321 g/mol. The Morgan fingerprint density at radius 1 is 1.26 bits per heavy atom. The molecule has 3 amide bonds. The first-order chi connectivity index (χ1) is 10.8. The highest BCUT2D eigenvalue weighted by molar-refractivity contribution is 5.97. The molecule has 1 aromatic rings. The molecule has 1 aliphatic rings. The maximum absolute atomic E-state index is 13.4. The second-order valence-electron chi connectivity index (χ2n) is 5.81. The molecule has 23 heavy (non-hydrogen) atoms. The van der Waals surface area contributed by atoms with E-state index in [1.54, 1.807) is 24.9 Å². The Labute approximate surface area is 134 Å². The zero-order chi connectivity index (χ0) is 17.1. The number of hydrogen-bond donors (Lipinski definition) is 0. The van der Waals surface area contributed by atoms with Crippen LogP contribution in [-0.4, -0.2) is 72.7 Å². The molecule has 1 fully saturated rings. The number of hydrogen-bond acceptors (Lipinski definition) is 3. The Hall–Kier alpha value is -2.44. The molecule has 7 heteroatoms. The molecule has 0 atom stereocenters. The highest BCUT2D eigenvalue weighted by atomic mass is 19.1. The topological polar surface area (TPSA) is 60.9 Å². The molecular formula is C16H20FN3O3. The number of amides is 3. The van der Waals surface area contributed by atoms with Gasteiger partial charge in [0, 0.05) is 32.7 Å². The van der Waals surface area contributed by atoms with Gasteiger partial charge in [-0.05, 0) is 30.7 Å². The largest absolute Gasteiger partial charge is 0.342 e. The highest BCUT2D eigenvalue weighted by Gasteiger charge is 2.26. The van der Waals surface area contributed by atoms with Crippen LogP contribution in [0.3, 0.4) is 0 Å². The predicted molar refractivity (Wildman–Crippen MR) is 82.3 cm³/mol. The van der Waals surface area contributed by atoms with Gasteiger partial charge < -0.3 is 14.7 Å². The smallest absolute Gasteiger partial charge is 0.254 e. The van der Waals surface area contributed by atoms with E-state index in [1.165, 1.54) is 22.9 Å². The van der Waals surface area contributed by atoms with Crippen LogP contribution in [0, 0.1) is 12.7 Å². The number of carbonyl (C=O) groups excluding carboxylic acids is 3. The van der Waals surface area contributed by atoms with Crippen molar-refractivity contribution in [3.8, 4) is 0 Å². The van der Waals surface area contributed by atoms with Gasteiger partial charge in [0.15, 0.2) is 0 Å². The van der Waals surface area contributed by atoms with Crippen molar-refractivity contribution in [1.29, 1.82) is 0 Å². The number of piperazine rings is 1. The van der Waals surface area contributed by atoms with Gasteiger partial charge in [0.25, 0.3) is 5.91 Å². The lowest BCUT2D eigenvalue weighted by molar-refractivity contribution is -0.144. The minimum atomic E-state index is -0.488. The van der Waals surface area contributed by atoms with Crippen molar-refractivity contribution < 1.29 is 18.8 Å². The van der Waals surface area contributed by atoms with E-state index in [9.17, 15) is 18.8 Å². The van der Waals surface area contributed by atoms with Gasteiger partial charge in [-0.3, -0.25) is 14.4 Å². The van der Waals surface area contributed by atoms with Crippen LogP contribution in [-0.2, 0) is 9.59 Å². The quantitative estimate of drug-likeness (QED) is 0.815. The van der Waals surface area contributed by atoms with Crippen LogP contribution in [0.2, 0.25) is 0 Å². The van der Waals surface area contributed by atoms with Gasteiger partial charge in [-0.15, -0.1) is 0 Å². The summed E-state index contributed by atoms with van der Waals surface area (Å²) in [6.45, 7) is 2.50. The van der Waals surface area contributed by atoms with Gasteiger partial charge in [0.05, 0.1) is 13.1 Å². The summed E-state index contributed by atoms with van der Waals surface area (Å²) in [6, 6.07) is 4.05. The lowest BCUT2D eigenvalue weighted by atomic mass is 10.1. The lowest BCUT2D eigenvalue weighted by Gasteiger charge is -2.33. The van der Waals surface area contributed by atoms with E-state index in [0.29, 0.717) is 18.7 Å². The highest BCUT2D eigenvalue weighted by Crippen LogP contribution is 2.11. The van der Waals surface area contributed by atoms with E-state index < -0.39 is 11.7 Å². The number of likely N-dealkylation sites (N-methyl/N-ethyl adjacent to an activating group) is 2. The van der Waals surface area contributed by atoms with Crippen LogP contribution < -0.4 is 0 Å². The molecule has 1 saturated heterocycles. The fourth-order valence-corrected chi connectivity index (χ4v) is 2.43. The Balaban J connectivity index is 2.00. The SMILES string of the molecule is Cc1cc(F)cc(C(=O)N(C)CC(=O)N2CCN(C)C(=O)C2)c1. The molecule has 0 radical (unpaired) electrons. The minimum Gasteiger partial charge on any atom is -0.342 e. The van der Waals surface area contributed by atoms with Crippen LogP contribution in [0.1, 0.15) is 15.9 Å². The van der Waals surface area contributed by atoms with Gasteiger partial charge in [0.1, 0.15) is 5.82 Å². The summed E-state index contributed by atoms with van der Waals surface area (Å²) in [5.74, 6) is -1.34. The molecule has 0 aliphatic carbocycles. The first-order valence-electron chi connectivity index (χ1n) is 7.32. The molecular weight excluding hydrogens is 301 g/mol. The monoisotopic (exact) mass is 321 g/mol. The average Bonchev–Trinajstić information content (AvgIpc) is 2.48. The molecule has 1 aliphatic heterocycles. The Bertz CT molecular complexity index is 627. The van der Waals surface area contributed by atoms with Gasteiger partial charge in [-0.2, -0.15) is 0 Å². The summed E-state index contributed by atoms with van der Waals surface area (Å²) in [6.07, 6.45) is 0. The fourth-order valence-electron chi connectivity index (χ4n) is 2.43. The van der Waals surface area contributed by atoms with Crippen molar-refractivity contribution in [1.82, 2.24) is 14.7 Å². The standard InChI is InChI=1S/C16H20FN3O3/c1-11-6-12(8-13(17)7-11)16(23)19(3)9-15(22)20-5-4-18(2)14(21)10-20/h6-8H,4-5,9-10H2,1-3H3. The molecule has 0 unspecified atom stereocenters. The molecule has 0 aromatic heterocycles. The molecule has 0 N–H and O–H groups in total. The third-order valence-electron chi connectivity index (χ3n) is 3.82. The van der Waals surface area contributed by atoms with E-state index in [1.807, 2.05) is 0 Å². The summed E-state index contributed by atoms with van der Waals surface area (Å²) < 4.78 is 13.4. The van der Waals surface area contributed by atoms with Crippen LogP contribution in [0.15, 0.2) is 18.2 Å². The van der Waals surface area contributed by atoms with E-state index >= 15 is 0 Å². The maximum Gasteiger partial charge on any atom is 0.254 e. The van der Waals surface area contributed by atoms with E-state index in [4.69, 9.17) is 0 Å². The maximum atomic E-state index is 13.4. The van der Waals surface area contributed by atoms with Crippen molar-refractivity contribution >= 4 is 17.7 Å². The Morgan fingerprint density at radius 2 is 1.96 bits per heavy atom. The van der Waals surface area contributed by atoms with Crippen molar-refractivity contribution in [2.24, 2.45) is 0 Å². The van der Waals surface area contributed by atoms with Crippen LogP contribution in [0.5, 0.6) is 0 Å². The van der Waals surface area contributed by atoms with Gasteiger partial charge in [-0.25, -0.2) is 4.39 Å². The molecule has 0 saturated carbocycles. The number of benzene rings is 1. The number of nitrogens with zero attached hydrogens (tertiary/aromatic N) is 3. The van der Waals surface area contributed by atoms with Crippen molar-refractivity contribution in [2.75, 3.05) is 40.3 Å². The van der Waals surface area contributed by atoms with Crippen molar-refractivity contribution in [3.63, 3.8) is 0 Å². The Morgan fingerprint density at radius 3 is 2.57 bits per heavy atom. The third-order valence-corrected chi connectivity index (χ3v) is 3.82. The predicted octanol–water partition coefficient (Wildman–Crippen LogP) is 0.507. The van der Waals surface area contributed by atoms with Crippen LogP contribution in [0.4, 0.5) is 4.39 Å². The lowest BCUT2D eigenvalue weighted by Crippen LogP contribution is -2.53. The second kappa shape index (κ2) is 6.76. The summed E-state index contributed by atoms with van der Waals surface area (Å²) in [7, 11) is 3.17. The van der Waals surface area contributed by atoms with Gasteiger partial charge >= 0.3 is 0 Å². The normalized spacial score (nSPS) is 14.9. The molecule has 2 rings (SSSR count). The number of rotatable bonds is 3. The third kappa shape index (κ3) is 4.06. The van der Waals surface area contributed by atoms with Crippen molar-refractivity contribution in [3.05, 3.63) is 35.1 Å². The molecule has 6 nitrogen and oxygen atoms in total. The molecule has 1 heterocycles. The van der Waals surface area contributed by atoms with E-state index in [-0.39, 0.29) is 30.5 Å². The van der Waals surface area contributed by atoms with Gasteiger partial charge in [0.2, 0.25) is 11.8 Å².